The first-order valence-electron chi connectivity index (χ1n) is 14.6. The van der Waals surface area contributed by atoms with Gasteiger partial charge in [-0.2, -0.15) is 0 Å². The molecule has 0 aromatic heterocycles. The zero-order valence-corrected chi connectivity index (χ0v) is 23.1. The maximum atomic E-state index is 6.58. The summed E-state index contributed by atoms with van der Waals surface area (Å²) >= 11 is 0. The predicted octanol–water partition coefficient (Wildman–Crippen LogP) is 12.3. The van der Waals surface area contributed by atoms with Crippen LogP contribution in [0.1, 0.15) is 173 Å². The van der Waals surface area contributed by atoms with E-state index in [0.717, 1.165) is 11.8 Å². The van der Waals surface area contributed by atoms with Crippen LogP contribution in [0.3, 0.4) is 0 Å². The van der Waals surface area contributed by atoms with E-state index in [2.05, 4.69) is 69.2 Å². The van der Waals surface area contributed by atoms with Crippen molar-refractivity contribution in [3.05, 3.63) is 0 Å². The zero-order chi connectivity index (χ0) is 29.1. The smallest absolute Gasteiger partial charge is 0.0261 e. The molecule has 0 nitrogen and oxygen atoms in total. The Morgan fingerprint density at radius 3 is 0.615 bits per heavy atom. The van der Waals surface area contributed by atoms with Crippen molar-refractivity contribution in [2.75, 3.05) is 0 Å². The highest BCUT2D eigenvalue weighted by molar-refractivity contribution is 4.21. The van der Waals surface area contributed by atoms with Gasteiger partial charge in [0.2, 0.25) is 0 Å². The van der Waals surface area contributed by atoms with Gasteiger partial charge in [-0.05, 0) is 11.8 Å². The molecule has 26 heavy (non-hydrogen) atoms. The maximum Gasteiger partial charge on any atom is 0.0261 e. The van der Waals surface area contributed by atoms with Gasteiger partial charge in [0.15, 0.2) is 0 Å². The van der Waals surface area contributed by atoms with E-state index in [9.17, 15) is 0 Å². The van der Waals surface area contributed by atoms with E-state index >= 15 is 0 Å². The van der Waals surface area contributed by atoms with Crippen LogP contribution in [0.4, 0.5) is 0 Å². The Bertz CT molecular complexity index is 99.3. The highest BCUT2D eigenvalue weighted by Crippen LogP contribution is 1.81. The minimum atomic E-state index is 0.0833. The van der Waals surface area contributed by atoms with E-state index in [1.54, 1.807) is 13.8 Å². The van der Waals surface area contributed by atoms with Crippen molar-refractivity contribution in [2.24, 2.45) is 11.8 Å². The number of hydrogen-bond donors (Lipinski definition) is 0. The van der Waals surface area contributed by atoms with Crippen LogP contribution >= 0.6 is 0 Å². The highest BCUT2D eigenvalue weighted by atomic mass is 13.7. The first kappa shape index (κ1) is 33.6. The fourth-order valence-electron chi connectivity index (χ4n) is 0. The third-order valence-electron chi connectivity index (χ3n) is 0. The average Bonchev–Trinajstić information content (AvgIpc) is 2.59. The van der Waals surface area contributed by atoms with Crippen LogP contribution in [0.2, 0.25) is 0 Å². The lowest BCUT2D eigenvalue weighted by Gasteiger charge is -1.79. The Morgan fingerprint density at radius 1 is 0.615 bits per heavy atom. The van der Waals surface area contributed by atoms with Crippen LogP contribution in [-0.4, -0.2) is 0 Å². The molecule has 0 spiro atoms. The van der Waals surface area contributed by atoms with Gasteiger partial charge in [-0.15, -0.1) is 0 Å². The molecule has 0 saturated carbocycles. The van der Waals surface area contributed by atoms with E-state index in [1.807, 2.05) is 27.7 Å². The lowest BCUT2D eigenvalue weighted by Crippen LogP contribution is -1.66. The summed E-state index contributed by atoms with van der Waals surface area (Å²) in [6.45, 7) is 33.4. The summed E-state index contributed by atoms with van der Waals surface area (Å²) < 4.78 is 37.1. The molecular formula is C26H72. The minimum Gasteiger partial charge on any atom is -0.0776 e. The third-order valence-corrected chi connectivity index (χ3v) is 0. The van der Waals surface area contributed by atoms with Crippen LogP contribution in [0, 0.1) is 11.8 Å². The lowest BCUT2D eigenvalue weighted by atomic mass is 10.3. The molecule has 0 aliphatic carbocycles. The zero-order valence-electron chi connectivity index (χ0n) is 29.1. The van der Waals surface area contributed by atoms with Gasteiger partial charge in [-0.1, -0.05) is 165 Å². The SMILES string of the molecule is CC(C)C.CC(C)C.CCC.CCC.[2H]C.[2H]C.[2H]C(C)C.[2H]C(C)C.[3H]CC.[3H]CC. The Morgan fingerprint density at radius 2 is 0.615 bits per heavy atom. The molecule has 0 rings (SSSR count). The van der Waals surface area contributed by atoms with Crippen molar-refractivity contribution < 1.29 is 8.22 Å². The number of rotatable bonds is 0. The molecule has 0 amide bonds. The van der Waals surface area contributed by atoms with Gasteiger partial charge < -0.3 is 0 Å². The van der Waals surface area contributed by atoms with Crippen molar-refractivity contribution in [3.8, 4) is 0 Å². The molecule has 0 aliphatic heterocycles. The molecule has 0 unspecified atom stereocenters. The summed E-state index contributed by atoms with van der Waals surface area (Å²) in [4.78, 5) is 0. The van der Waals surface area contributed by atoms with Gasteiger partial charge in [0.05, 0.1) is 0 Å². The molecule has 0 heterocycles. The van der Waals surface area contributed by atoms with E-state index in [0.29, 0.717) is 13.8 Å². The van der Waals surface area contributed by atoms with Crippen LogP contribution in [0.25, 0.3) is 0 Å². The fourth-order valence-corrected chi connectivity index (χ4v) is 0. The Balaban J connectivity index is -0.0000000212. The predicted molar refractivity (Wildman–Crippen MR) is 141 cm³/mol. The lowest BCUT2D eigenvalue weighted by molar-refractivity contribution is 0.736. The normalized spacial score (nSPS) is 9.00. The largest absolute Gasteiger partial charge is 0.0776 e. The van der Waals surface area contributed by atoms with Crippen LogP contribution in [0.15, 0.2) is 0 Å². The molecule has 0 heteroatoms. The highest BCUT2D eigenvalue weighted by Gasteiger charge is 1.68. The molecule has 0 atom stereocenters. The topological polar surface area (TPSA) is 0 Å². The average molecular weight is 393 g/mol. The molecule has 0 aliphatic rings. The Kier molecular flexibility index (Phi) is 186. The second-order valence-corrected chi connectivity index (χ2v) is 6.03. The van der Waals surface area contributed by atoms with Gasteiger partial charge >= 0.3 is 0 Å². The molecule has 0 fully saturated rings. The summed E-state index contributed by atoms with van der Waals surface area (Å²) in [5, 5.41) is 0. The van der Waals surface area contributed by atoms with E-state index in [1.165, 1.54) is 27.6 Å². The Hall–Kier alpha value is 0. The summed E-state index contributed by atoms with van der Waals surface area (Å²) in [7, 11) is 2.50. The minimum absolute atomic E-state index is 0.0833. The van der Waals surface area contributed by atoms with Crippen molar-refractivity contribution >= 4 is 0 Å². The van der Waals surface area contributed by atoms with Crippen molar-refractivity contribution in [1.29, 1.82) is 0 Å². The summed E-state index contributed by atoms with van der Waals surface area (Å²) in [6.07, 6.45) is 2.67. The van der Waals surface area contributed by atoms with E-state index in [-0.39, 0.29) is 12.8 Å². The first-order chi connectivity index (χ1) is 14.6. The maximum absolute atomic E-state index is 6.58. The van der Waals surface area contributed by atoms with Gasteiger partial charge in [-0.3, -0.25) is 0 Å². The van der Waals surface area contributed by atoms with Crippen molar-refractivity contribution in [1.82, 2.24) is 0 Å². The molecule has 0 aromatic carbocycles. The van der Waals surface area contributed by atoms with Crippen LogP contribution < -0.4 is 0 Å². The molecule has 0 bridgehead atoms. The number of hydrogen-bond acceptors (Lipinski definition) is 0. The van der Waals surface area contributed by atoms with Gasteiger partial charge in [0.1, 0.15) is 0 Å². The second-order valence-electron chi connectivity index (χ2n) is 6.03. The summed E-state index contributed by atoms with van der Waals surface area (Å²) in [6, 6.07) is 0. The van der Waals surface area contributed by atoms with E-state index < -0.39 is 0 Å². The van der Waals surface area contributed by atoms with Gasteiger partial charge in [0.25, 0.3) is 0 Å². The van der Waals surface area contributed by atoms with Crippen molar-refractivity contribution in [2.45, 2.75) is 165 Å². The quantitative estimate of drug-likeness (QED) is 0.384. The van der Waals surface area contributed by atoms with Crippen LogP contribution in [0.5, 0.6) is 0 Å². The second kappa shape index (κ2) is 144. The molecule has 0 N–H and O–H groups in total. The monoisotopic (exact) mass is 393 g/mol. The standard InChI is InChI=1S/2C4H10.4C3H8.2C2H6.2CH4/c2*1-4(2)3;4*1-3-2;2*1-2;;/h2*4H,1-3H3;4*3H2,1-2H3;2*1-2H3;2*1H4/i;;2*3D;;;2*1T;2*1D. The fraction of sp³-hybridized carbons (Fsp3) is 1.00. The Labute approximate surface area is 185 Å². The molecular weight excluding hydrogens is 312 g/mol. The molecule has 0 radical (unpaired) electrons. The third kappa shape index (κ3) is 0. The summed E-state index contributed by atoms with van der Waals surface area (Å²) in [5.41, 5.74) is 0. The molecule has 176 valence electrons. The first-order valence-corrected chi connectivity index (χ1v) is 10.0. The molecule has 0 aromatic rings. The van der Waals surface area contributed by atoms with E-state index in [4.69, 9.17) is 8.22 Å². The summed E-state index contributed by atoms with van der Waals surface area (Å²) in [5.74, 6) is 1.67. The van der Waals surface area contributed by atoms with Crippen molar-refractivity contribution in [3.63, 3.8) is 0 Å². The molecule has 0 saturated heterocycles. The van der Waals surface area contributed by atoms with Gasteiger partial charge in [-0.25, -0.2) is 0 Å². The van der Waals surface area contributed by atoms with Gasteiger partial charge in [0, 0.05) is 8.22 Å². The van der Waals surface area contributed by atoms with Crippen LogP contribution in [-0.2, 0) is 0 Å².